The summed E-state index contributed by atoms with van der Waals surface area (Å²) < 4.78 is 0. The van der Waals surface area contributed by atoms with Crippen molar-refractivity contribution in [2.45, 2.75) is 32.6 Å². The molecule has 92 valence electrons. The van der Waals surface area contributed by atoms with Crippen LogP contribution in [0.15, 0.2) is 12.1 Å². The largest absolute Gasteiger partial charge is 0.364 e. The van der Waals surface area contributed by atoms with Gasteiger partial charge in [-0.1, -0.05) is 12.8 Å². The van der Waals surface area contributed by atoms with E-state index in [1.807, 2.05) is 6.92 Å². The second-order valence-electron chi connectivity index (χ2n) is 4.61. The molecule has 1 aromatic heterocycles. The van der Waals surface area contributed by atoms with Crippen LogP contribution in [-0.2, 0) is 0 Å². The first-order chi connectivity index (χ1) is 8.16. The maximum atomic E-state index is 10.9. The van der Waals surface area contributed by atoms with Gasteiger partial charge in [-0.2, -0.15) is 0 Å². The molecule has 0 saturated heterocycles. The smallest absolute Gasteiger partial charge is 0.311 e. The van der Waals surface area contributed by atoms with Crippen LogP contribution in [0.2, 0.25) is 0 Å². The van der Waals surface area contributed by atoms with Crippen LogP contribution in [-0.4, -0.2) is 16.5 Å². The van der Waals surface area contributed by atoms with Gasteiger partial charge in [-0.25, -0.2) is 4.98 Å². The summed E-state index contributed by atoms with van der Waals surface area (Å²) in [5, 5.41) is 14.0. The number of aromatic nitrogens is 1. The summed E-state index contributed by atoms with van der Waals surface area (Å²) in [6.45, 7) is 2.63. The van der Waals surface area contributed by atoms with Crippen molar-refractivity contribution in [1.29, 1.82) is 0 Å². The molecule has 0 aliphatic heterocycles. The molecule has 1 saturated carbocycles. The van der Waals surface area contributed by atoms with Gasteiger partial charge in [-0.05, 0) is 31.7 Å². The summed E-state index contributed by atoms with van der Waals surface area (Å²) in [5.41, 5.74) is 0.859. The molecule has 1 aliphatic carbocycles. The molecule has 5 nitrogen and oxygen atoms in total. The molecule has 0 radical (unpaired) electrons. The predicted octanol–water partition coefficient (Wildman–Crippen LogP) is 2.90. The van der Waals surface area contributed by atoms with Crippen molar-refractivity contribution in [3.05, 3.63) is 27.9 Å². The molecular weight excluding hydrogens is 218 g/mol. The van der Waals surface area contributed by atoms with E-state index in [4.69, 9.17) is 0 Å². The standard InChI is InChI=1S/C12H17N3O2/c1-9-6-7-11(15(16)17)12(14-9)13-8-10-4-2-3-5-10/h6-7,10H,2-5,8H2,1H3,(H,13,14). The van der Waals surface area contributed by atoms with Crippen LogP contribution >= 0.6 is 0 Å². The maximum Gasteiger partial charge on any atom is 0.311 e. The molecule has 0 bridgehead atoms. The summed E-state index contributed by atoms with van der Waals surface area (Å²) in [5.74, 6) is 1.04. The molecular formula is C12H17N3O2. The molecule has 0 aromatic carbocycles. The van der Waals surface area contributed by atoms with Gasteiger partial charge in [0.05, 0.1) is 4.92 Å². The minimum absolute atomic E-state index is 0.0635. The minimum Gasteiger partial charge on any atom is -0.364 e. The van der Waals surface area contributed by atoms with Crippen LogP contribution < -0.4 is 5.32 Å². The first kappa shape index (κ1) is 11.8. The summed E-state index contributed by atoms with van der Waals surface area (Å²) in [4.78, 5) is 14.7. The number of rotatable bonds is 4. The monoisotopic (exact) mass is 235 g/mol. The summed E-state index contributed by atoms with van der Waals surface area (Å²) in [7, 11) is 0. The zero-order valence-corrected chi connectivity index (χ0v) is 9.98. The van der Waals surface area contributed by atoms with E-state index in [0.29, 0.717) is 11.7 Å². The maximum absolute atomic E-state index is 10.9. The van der Waals surface area contributed by atoms with Gasteiger partial charge in [0.2, 0.25) is 5.82 Å². The third-order valence-corrected chi connectivity index (χ3v) is 3.24. The van der Waals surface area contributed by atoms with Gasteiger partial charge in [0.15, 0.2) is 0 Å². The van der Waals surface area contributed by atoms with E-state index in [-0.39, 0.29) is 10.6 Å². The van der Waals surface area contributed by atoms with E-state index in [0.717, 1.165) is 12.2 Å². The number of aryl methyl sites for hydroxylation is 1. The van der Waals surface area contributed by atoms with E-state index in [9.17, 15) is 10.1 Å². The topological polar surface area (TPSA) is 68.1 Å². The third kappa shape index (κ3) is 2.93. The molecule has 1 heterocycles. The molecule has 0 spiro atoms. The van der Waals surface area contributed by atoms with Gasteiger partial charge in [0.1, 0.15) is 0 Å². The second-order valence-corrected chi connectivity index (χ2v) is 4.61. The van der Waals surface area contributed by atoms with Gasteiger partial charge in [-0.3, -0.25) is 10.1 Å². The van der Waals surface area contributed by atoms with Crippen molar-refractivity contribution >= 4 is 11.5 Å². The van der Waals surface area contributed by atoms with Gasteiger partial charge in [-0.15, -0.1) is 0 Å². The van der Waals surface area contributed by atoms with Crippen molar-refractivity contribution in [2.75, 3.05) is 11.9 Å². The number of nitrogens with zero attached hydrogens (tertiary/aromatic N) is 2. The Labute approximate surface area is 100 Å². The van der Waals surface area contributed by atoms with Crippen LogP contribution in [0.25, 0.3) is 0 Å². The zero-order valence-electron chi connectivity index (χ0n) is 9.98. The van der Waals surface area contributed by atoms with Crippen LogP contribution in [0, 0.1) is 23.0 Å². The molecule has 1 aromatic rings. The Morgan fingerprint density at radius 1 is 1.47 bits per heavy atom. The quantitative estimate of drug-likeness (QED) is 0.643. The van der Waals surface area contributed by atoms with Crippen molar-refractivity contribution in [3.8, 4) is 0 Å². The Hall–Kier alpha value is -1.65. The molecule has 1 fully saturated rings. The number of pyridine rings is 1. The van der Waals surface area contributed by atoms with Crippen LogP contribution in [0.4, 0.5) is 11.5 Å². The first-order valence-electron chi connectivity index (χ1n) is 6.02. The SMILES string of the molecule is Cc1ccc([N+](=O)[O-])c(NCC2CCCC2)n1. The van der Waals surface area contributed by atoms with E-state index in [1.165, 1.54) is 31.7 Å². The lowest BCUT2D eigenvalue weighted by atomic mass is 10.1. The van der Waals surface area contributed by atoms with Gasteiger partial charge in [0.25, 0.3) is 0 Å². The highest BCUT2D eigenvalue weighted by atomic mass is 16.6. The number of anilines is 1. The average molecular weight is 235 g/mol. The third-order valence-electron chi connectivity index (χ3n) is 3.24. The molecule has 0 atom stereocenters. The van der Waals surface area contributed by atoms with E-state index >= 15 is 0 Å². The molecule has 0 amide bonds. The summed E-state index contributed by atoms with van der Waals surface area (Å²) in [6.07, 6.45) is 4.98. The zero-order chi connectivity index (χ0) is 12.3. The molecule has 0 unspecified atom stereocenters. The molecule has 17 heavy (non-hydrogen) atoms. The van der Waals surface area contributed by atoms with Crippen LogP contribution in [0.5, 0.6) is 0 Å². The summed E-state index contributed by atoms with van der Waals surface area (Å²) >= 11 is 0. The fourth-order valence-electron chi connectivity index (χ4n) is 2.28. The first-order valence-corrected chi connectivity index (χ1v) is 6.02. The van der Waals surface area contributed by atoms with E-state index in [2.05, 4.69) is 10.3 Å². The normalized spacial score (nSPS) is 16.1. The average Bonchev–Trinajstić information content (AvgIpc) is 2.78. The van der Waals surface area contributed by atoms with Crippen molar-refractivity contribution < 1.29 is 4.92 Å². The highest BCUT2D eigenvalue weighted by Crippen LogP contribution is 2.27. The Bertz CT molecular complexity index is 414. The fraction of sp³-hybridized carbons (Fsp3) is 0.583. The number of nitro groups is 1. The lowest BCUT2D eigenvalue weighted by Crippen LogP contribution is -2.13. The van der Waals surface area contributed by atoms with Gasteiger partial charge in [0, 0.05) is 18.3 Å². The Morgan fingerprint density at radius 2 is 2.18 bits per heavy atom. The predicted molar refractivity (Wildman–Crippen MR) is 66.1 cm³/mol. The highest BCUT2D eigenvalue weighted by molar-refractivity contribution is 5.56. The number of hydrogen-bond acceptors (Lipinski definition) is 4. The number of nitrogens with one attached hydrogen (secondary N) is 1. The van der Waals surface area contributed by atoms with Crippen molar-refractivity contribution in [3.63, 3.8) is 0 Å². The van der Waals surface area contributed by atoms with Gasteiger partial charge >= 0.3 is 5.69 Å². The number of hydrogen-bond donors (Lipinski definition) is 1. The van der Waals surface area contributed by atoms with Crippen LogP contribution in [0.3, 0.4) is 0 Å². The van der Waals surface area contributed by atoms with Crippen molar-refractivity contribution in [1.82, 2.24) is 4.98 Å². The Morgan fingerprint density at radius 3 is 2.82 bits per heavy atom. The lowest BCUT2D eigenvalue weighted by molar-refractivity contribution is -0.384. The van der Waals surface area contributed by atoms with Gasteiger partial charge < -0.3 is 5.32 Å². The molecule has 1 aliphatic rings. The Balaban J connectivity index is 2.07. The Kier molecular flexibility index (Phi) is 3.56. The molecule has 5 heteroatoms. The van der Waals surface area contributed by atoms with E-state index in [1.54, 1.807) is 6.07 Å². The summed E-state index contributed by atoms with van der Waals surface area (Å²) in [6, 6.07) is 3.18. The lowest BCUT2D eigenvalue weighted by Gasteiger charge is -2.11. The molecule has 1 N–H and O–H groups in total. The highest BCUT2D eigenvalue weighted by Gasteiger charge is 2.18. The van der Waals surface area contributed by atoms with Crippen LogP contribution in [0.1, 0.15) is 31.4 Å². The fourth-order valence-corrected chi connectivity index (χ4v) is 2.28. The van der Waals surface area contributed by atoms with Crippen molar-refractivity contribution in [2.24, 2.45) is 5.92 Å². The second kappa shape index (κ2) is 5.12. The van der Waals surface area contributed by atoms with E-state index < -0.39 is 0 Å². The minimum atomic E-state index is -0.385. The molecule has 2 rings (SSSR count).